The fraction of sp³-hybridized carbons (Fsp3) is 0.407. The molecule has 6 rings (SSSR count). The van der Waals surface area contributed by atoms with Gasteiger partial charge in [0, 0.05) is 30.9 Å². The fourth-order valence-corrected chi connectivity index (χ4v) is 5.86. The first kappa shape index (κ1) is 23.2. The Bertz CT molecular complexity index is 1270. The first-order chi connectivity index (χ1) is 17.6. The van der Waals surface area contributed by atoms with Crippen molar-refractivity contribution in [2.75, 3.05) is 47.8 Å². The summed E-state index contributed by atoms with van der Waals surface area (Å²) >= 11 is 6.52. The number of carbonyl (C=O) groups excluding carboxylic acids is 1. The lowest BCUT2D eigenvalue weighted by Gasteiger charge is -2.32. The third-order valence-electron chi connectivity index (χ3n) is 7.70. The van der Waals surface area contributed by atoms with Gasteiger partial charge in [-0.1, -0.05) is 23.7 Å². The van der Waals surface area contributed by atoms with Gasteiger partial charge in [0.25, 0.3) is 0 Å². The zero-order chi connectivity index (χ0) is 24.5. The first-order valence-corrected chi connectivity index (χ1v) is 13.1. The van der Waals surface area contributed by atoms with E-state index in [2.05, 4.69) is 37.6 Å². The SMILES string of the molecule is O=C1N(c2cncc(Nc3ncc(Cl)c(-c4cccc(N5CCCC5)c4)n3)c2)CCC12CCNCC2. The third-order valence-corrected chi connectivity index (χ3v) is 7.98. The number of aromatic nitrogens is 3. The van der Waals surface area contributed by atoms with Crippen molar-refractivity contribution >= 4 is 40.5 Å². The zero-order valence-corrected chi connectivity index (χ0v) is 21.0. The normalized spacial score (nSPS) is 19.3. The van der Waals surface area contributed by atoms with Gasteiger partial charge in [-0.15, -0.1) is 0 Å². The quantitative estimate of drug-likeness (QED) is 0.524. The van der Waals surface area contributed by atoms with E-state index < -0.39 is 0 Å². The maximum absolute atomic E-state index is 13.3. The summed E-state index contributed by atoms with van der Waals surface area (Å²) in [5, 5.41) is 7.13. The van der Waals surface area contributed by atoms with E-state index >= 15 is 0 Å². The summed E-state index contributed by atoms with van der Waals surface area (Å²) in [6.07, 6.45) is 10.2. The number of hydrogen-bond acceptors (Lipinski definition) is 7. The molecule has 8 nitrogen and oxygen atoms in total. The minimum atomic E-state index is -0.230. The molecule has 0 atom stereocenters. The highest BCUT2D eigenvalue weighted by Gasteiger charge is 2.47. The molecule has 3 fully saturated rings. The molecule has 3 aliphatic rings. The summed E-state index contributed by atoms with van der Waals surface area (Å²) in [5.74, 6) is 0.647. The summed E-state index contributed by atoms with van der Waals surface area (Å²) in [6, 6.07) is 10.3. The van der Waals surface area contributed by atoms with Crippen LogP contribution in [0.4, 0.5) is 23.0 Å². The summed E-state index contributed by atoms with van der Waals surface area (Å²) in [5.41, 5.74) is 4.12. The lowest BCUT2D eigenvalue weighted by atomic mass is 9.78. The van der Waals surface area contributed by atoms with Crippen LogP contribution in [0.1, 0.15) is 32.1 Å². The number of carbonyl (C=O) groups is 1. The van der Waals surface area contributed by atoms with Crippen LogP contribution in [0.5, 0.6) is 0 Å². The van der Waals surface area contributed by atoms with Crippen LogP contribution in [0.25, 0.3) is 11.3 Å². The van der Waals surface area contributed by atoms with E-state index in [1.54, 1.807) is 18.6 Å². The van der Waals surface area contributed by atoms with Crippen molar-refractivity contribution < 1.29 is 4.79 Å². The van der Waals surface area contributed by atoms with Crippen LogP contribution in [0.2, 0.25) is 5.02 Å². The average molecular weight is 504 g/mol. The second-order valence-electron chi connectivity index (χ2n) is 9.93. The molecular weight excluding hydrogens is 474 g/mol. The summed E-state index contributed by atoms with van der Waals surface area (Å²) in [7, 11) is 0. The van der Waals surface area contributed by atoms with Crippen molar-refractivity contribution in [3.63, 3.8) is 0 Å². The van der Waals surface area contributed by atoms with Gasteiger partial charge in [-0.25, -0.2) is 9.97 Å². The van der Waals surface area contributed by atoms with Gasteiger partial charge in [-0.2, -0.15) is 0 Å². The van der Waals surface area contributed by atoms with Crippen LogP contribution in [-0.2, 0) is 4.79 Å². The Morgan fingerprint density at radius 2 is 1.81 bits per heavy atom. The first-order valence-electron chi connectivity index (χ1n) is 12.7. The number of amides is 1. The van der Waals surface area contributed by atoms with Crippen LogP contribution in [0.15, 0.2) is 48.9 Å². The highest BCUT2D eigenvalue weighted by atomic mass is 35.5. The van der Waals surface area contributed by atoms with E-state index in [-0.39, 0.29) is 11.3 Å². The van der Waals surface area contributed by atoms with Crippen molar-refractivity contribution in [2.24, 2.45) is 5.41 Å². The number of nitrogens with one attached hydrogen (secondary N) is 2. The maximum atomic E-state index is 13.3. The molecule has 3 aromatic rings. The van der Waals surface area contributed by atoms with Gasteiger partial charge in [0.15, 0.2) is 0 Å². The largest absolute Gasteiger partial charge is 0.372 e. The molecule has 3 saturated heterocycles. The van der Waals surface area contributed by atoms with Crippen molar-refractivity contribution in [3.05, 3.63) is 53.9 Å². The van der Waals surface area contributed by atoms with Crippen LogP contribution in [0.3, 0.4) is 0 Å². The van der Waals surface area contributed by atoms with Crippen molar-refractivity contribution in [1.29, 1.82) is 0 Å². The van der Waals surface area contributed by atoms with Crippen LogP contribution in [0, 0.1) is 5.41 Å². The number of benzene rings is 1. The highest BCUT2D eigenvalue weighted by Crippen LogP contribution is 2.42. The smallest absolute Gasteiger partial charge is 0.233 e. The molecule has 0 unspecified atom stereocenters. The third kappa shape index (κ3) is 4.40. The number of rotatable bonds is 5. The predicted molar refractivity (Wildman–Crippen MR) is 143 cm³/mol. The van der Waals surface area contributed by atoms with Gasteiger partial charge in [0.2, 0.25) is 11.9 Å². The Hall–Kier alpha value is -3.23. The monoisotopic (exact) mass is 503 g/mol. The second kappa shape index (κ2) is 9.67. The number of anilines is 4. The van der Waals surface area contributed by atoms with E-state index in [1.165, 1.54) is 18.5 Å². The molecular formula is C27H30ClN7O. The van der Waals surface area contributed by atoms with Crippen LogP contribution < -0.4 is 20.4 Å². The highest BCUT2D eigenvalue weighted by molar-refractivity contribution is 6.32. The summed E-state index contributed by atoms with van der Waals surface area (Å²) in [4.78, 5) is 31.1. The predicted octanol–water partition coefficient (Wildman–Crippen LogP) is 4.64. The minimum absolute atomic E-state index is 0.214. The number of pyridine rings is 1. The Morgan fingerprint density at radius 1 is 0.972 bits per heavy atom. The van der Waals surface area contributed by atoms with Crippen LogP contribution >= 0.6 is 11.6 Å². The lowest BCUT2D eigenvalue weighted by Crippen LogP contribution is -2.42. The molecule has 0 aliphatic carbocycles. The Kier molecular flexibility index (Phi) is 6.23. The number of hydrogen-bond donors (Lipinski definition) is 2. The Labute approximate surface area is 216 Å². The van der Waals surface area contributed by atoms with E-state index in [9.17, 15) is 4.79 Å². The zero-order valence-electron chi connectivity index (χ0n) is 20.2. The van der Waals surface area contributed by atoms with E-state index in [0.717, 1.165) is 68.9 Å². The molecule has 1 aromatic carbocycles. The van der Waals surface area contributed by atoms with Gasteiger partial charge < -0.3 is 20.4 Å². The molecule has 36 heavy (non-hydrogen) atoms. The number of nitrogens with zero attached hydrogens (tertiary/aromatic N) is 5. The lowest BCUT2D eigenvalue weighted by molar-refractivity contribution is -0.126. The van der Waals surface area contributed by atoms with E-state index in [4.69, 9.17) is 16.6 Å². The van der Waals surface area contributed by atoms with Crippen molar-refractivity contribution in [1.82, 2.24) is 20.3 Å². The molecule has 0 bridgehead atoms. The molecule has 186 valence electrons. The molecule has 9 heteroatoms. The van der Waals surface area contributed by atoms with Crippen molar-refractivity contribution in [3.8, 4) is 11.3 Å². The average Bonchev–Trinajstić information content (AvgIpc) is 3.55. The maximum Gasteiger partial charge on any atom is 0.233 e. The molecule has 5 heterocycles. The van der Waals surface area contributed by atoms with Gasteiger partial charge in [-0.05, 0) is 63.4 Å². The van der Waals surface area contributed by atoms with E-state index in [0.29, 0.717) is 16.7 Å². The van der Waals surface area contributed by atoms with Gasteiger partial charge in [-0.3, -0.25) is 9.78 Å². The van der Waals surface area contributed by atoms with Gasteiger partial charge >= 0.3 is 0 Å². The van der Waals surface area contributed by atoms with Gasteiger partial charge in [0.05, 0.1) is 46.1 Å². The fourth-order valence-electron chi connectivity index (χ4n) is 5.66. The summed E-state index contributed by atoms with van der Waals surface area (Å²) in [6.45, 7) is 4.68. The van der Waals surface area contributed by atoms with E-state index in [1.807, 2.05) is 23.1 Å². The molecule has 3 aliphatic heterocycles. The molecule has 1 amide bonds. The van der Waals surface area contributed by atoms with Gasteiger partial charge in [0.1, 0.15) is 0 Å². The second-order valence-corrected chi connectivity index (χ2v) is 10.3. The minimum Gasteiger partial charge on any atom is -0.372 e. The molecule has 2 aromatic heterocycles. The Balaban J connectivity index is 1.23. The Morgan fingerprint density at radius 3 is 2.64 bits per heavy atom. The topological polar surface area (TPSA) is 86.3 Å². The molecule has 1 spiro atoms. The van der Waals surface area contributed by atoms with Crippen molar-refractivity contribution in [2.45, 2.75) is 32.1 Å². The summed E-state index contributed by atoms with van der Waals surface area (Å²) < 4.78 is 0. The molecule has 0 saturated carbocycles. The molecule has 0 radical (unpaired) electrons. The molecule has 2 N–H and O–H groups in total. The van der Waals surface area contributed by atoms with Crippen LogP contribution in [-0.4, -0.2) is 53.6 Å². The number of halogens is 1. The standard InChI is InChI=1S/C27H30ClN7O/c28-23-18-31-26(33-24(23)19-4-3-5-21(14-19)34-11-1-2-12-34)32-20-15-22(17-30-16-20)35-13-8-27(25(35)36)6-9-29-10-7-27/h3-5,14-18,29H,1-2,6-13H2,(H,31,32,33). The number of piperidine rings is 1.